The zero-order valence-corrected chi connectivity index (χ0v) is 12.9. The Morgan fingerprint density at radius 1 is 1.15 bits per heavy atom. The molecule has 0 aliphatic heterocycles. The van der Waals surface area contributed by atoms with Gasteiger partial charge in [-0.3, -0.25) is 4.79 Å². The molecule has 0 heterocycles. The van der Waals surface area contributed by atoms with Crippen LogP contribution in [0.5, 0.6) is 11.5 Å². The van der Waals surface area contributed by atoms with Gasteiger partial charge in [-0.15, -0.1) is 0 Å². The molecule has 2 aromatic rings. The SMILES string of the molecule is O=C(Nc1cc(Cl)cc(Cl)c1O)c1cc(Br)ccc1O. The molecule has 2 aromatic carbocycles. The fourth-order valence-electron chi connectivity index (χ4n) is 1.54. The molecule has 0 saturated heterocycles. The van der Waals surface area contributed by atoms with Crippen molar-refractivity contribution in [3.63, 3.8) is 0 Å². The molecule has 20 heavy (non-hydrogen) atoms. The Kier molecular flexibility index (Phi) is 4.42. The molecule has 0 radical (unpaired) electrons. The number of carbonyl (C=O) groups is 1. The molecule has 0 atom stereocenters. The minimum Gasteiger partial charge on any atom is -0.507 e. The van der Waals surface area contributed by atoms with E-state index in [9.17, 15) is 15.0 Å². The lowest BCUT2D eigenvalue weighted by Gasteiger charge is -2.10. The van der Waals surface area contributed by atoms with Crippen LogP contribution in [0.25, 0.3) is 0 Å². The number of phenolic OH excluding ortho intramolecular Hbond substituents is 2. The van der Waals surface area contributed by atoms with E-state index in [0.29, 0.717) is 4.47 Å². The van der Waals surface area contributed by atoms with Crippen LogP contribution >= 0.6 is 39.1 Å². The highest BCUT2D eigenvalue weighted by Crippen LogP contribution is 2.35. The summed E-state index contributed by atoms with van der Waals surface area (Å²) in [6.45, 7) is 0. The molecular formula is C13H8BrCl2NO3. The molecule has 3 N–H and O–H groups in total. The minimum atomic E-state index is -0.600. The summed E-state index contributed by atoms with van der Waals surface area (Å²) < 4.78 is 0.633. The molecular weight excluding hydrogens is 369 g/mol. The molecule has 4 nitrogen and oxygen atoms in total. The third-order valence-corrected chi connectivity index (χ3v) is 3.48. The van der Waals surface area contributed by atoms with Gasteiger partial charge in [-0.1, -0.05) is 39.1 Å². The molecule has 1 amide bonds. The van der Waals surface area contributed by atoms with Gasteiger partial charge in [0.2, 0.25) is 0 Å². The van der Waals surface area contributed by atoms with E-state index in [0.717, 1.165) is 0 Å². The van der Waals surface area contributed by atoms with E-state index < -0.39 is 5.91 Å². The van der Waals surface area contributed by atoms with Gasteiger partial charge in [-0.25, -0.2) is 0 Å². The zero-order valence-electron chi connectivity index (χ0n) is 9.82. The maximum Gasteiger partial charge on any atom is 0.259 e. The molecule has 0 aliphatic rings. The number of hydrogen-bond donors (Lipinski definition) is 3. The second kappa shape index (κ2) is 5.91. The third-order valence-electron chi connectivity index (χ3n) is 2.48. The van der Waals surface area contributed by atoms with Crippen molar-refractivity contribution in [1.82, 2.24) is 0 Å². The first-order valence-electron chi connectivity index (χ1n) is 5.36. The van der Waals surface area contributed by atoms with E-state index in [4.69, 9.17) is 23.2 Å². The van der Waals surface area contributed by atoms with Crippen molar-refractivity contribution in [2.75, 3.05) is 5.32 Å². The van der Waals surface area contributed by atoms with Crippen molar-refractivity contribution in [3.05, 3.63) is 50.4 Å². The van der Waals surface area contributed by atoms with Gasteiger partial charge in [-0.2, -0.15) is 0 Å². The van der Waals surface area contributed by atoms with Gasteiger partial charge >= 0.3 is 0 Å². The van der Waals surface area contributed by atoms with Crippen LogP contribution in [0.4, 0.5) is 5.69 Å². The van der Waals surface area contributed by atoms with E-state index in [1.165, 1.54) is 24.3 Å². The van der Waals surface area contributed by atoms with E-state index in [-0.39, 0.29) is 32.8 Å². The van der Waals surface area contributed by atoms with Crippen molar-refractivity contribution in [3.8, 4) is 11.5 Å². The Hall–Kier alpha value is -1.43. The first kappa shape index (κ1) is 15.0. The Labute approximate surface area is 133 Å². The quantitative estimate of drug-likeness (QED) is 0.679. The normalized spacial score (nSPS) is 10.3. The van der Waals surface area contributed by atoms with Gasteiger partial charge < -0.3 is 15.5 Å². The largest absolute Gasteiger partial charge is 0.507 e. The maximum absolute atomic E-state index is 12.1. The number of phenols is 2. The standard InChI is InChI=1S/C13H8BrCl2NO3/c14-6-1-2-11(18)8(3-6)13(20)17-10-5-7(15)4-9(16)12(10)19/h1-5,18-19H,(H,17,20). The maximum atomic E-state index is 12.1. The van der Waals surface area contributed by atoms with Crippen molar-refractivity contribution < 1.29 is 15.0 Å². The number of benzene rings is 2. The van der Waals surface area contributed by atoms with Gasteiger partial charge in [-0.05, 0) is 30.3 Å². The molecule has 0 aliphatic carbocycles. The summed E-state index contributed by atoms with van der Waals surface area (Å²) in [6.07, 6.45) is 0. The fraction of sp³-hybridized carbons (Fsp3) is 0. The van der Waals surface area contributed by atoms with Crippen LogP contribution in [0.2, 0.25) is 10.0 Å². The number of halogens is 3. The number of anilines is 1. The molecule has 0 spiro atoms. The molecule has 0 fully saturated rings. The van der Waals surface area contributed by atoms with E-state index in [1.54, 1.807) is 6.07 Å². The second-order valence-electron chi connectivity index (χ2n) is 3.90. The molecule has 0 saturated carbocycles. The molecule has 0 bridgehead atoms. The number of rotatable bonds is 2. The lowest BCUT2D eigenvalue weighted by Crippen LogP contribution is -2.12. The van der Waals surface area contributed by atoms with Crippen LogP contribution in [0.3, 0.4) is 0 Å². The summed E-state index contributed by atoms with van der Waals surface area (Å²) in [6, 6.07) is 7.14. The fourth-order valence-corrected chi connectivity index (χ4v) is 2.40. The Balaban J connectivity index is 2.35. The highest BCUT2D eigenvalue weighted by Gasteiger charge is 2.15. The van der Waals surface area contributed by atoms with Crippen molar-refractivity contribution in [2.24, 2.45) is 0 Å². The Morgan fingerprint density at radius 2 is 1.85 bits per heavy atom. The predicted octanol–water partition coefficient (Wildman–Crippen LogP) is 4.42. The average molecular weight is 377 g/mol. The van der Waals surface area contributed by atoms with Crippen molar-refractivity contribution in [2.45, 2.75) is 0 Å². The van der Waals surface area contributed by atoms with Crippen LogP contribution < -0.4 is 5.32 Å². The van der Waals surface area contributed by atoms with E-state index in [2.05, 4.69) is 21.2 Å². The molecule has 0 aromatic heterocycles. The second-order valence-corrected chi connectivity index (χ2v) is 5.66. The van der Waals surface area contributed by atoms with E-state index >= 15 is 0 Å². The summed E-state index contributed by atoms with van der Waals surface area (Å²) in [7, 11) is 0. The Morgan fingerprint density at radius 3 is 2.55 bits per heavy atom. The monoisotopic (exact) mass is 375 g/mol. The molecule has 7 heteroatoms. The highest BCUT2D eigenvalue weighted by molar-refractivity contribution is 9.10. The van der Waals surface area contributed by atoms with Crippen LogP contribution in [0.15, 0.2) is 34.8 Å². The molecule has 104 valence electrons. The highest BCUT2D eigenvalue weighted by atomic mass is 79.9. The minimum absolute atomic E-state index is 0.0197. The Bertz CT molecular complexity index is 692. The summed E-state index contributed by atoms with van der Waals surface area (Å²) in [5.41, 5.74) is 0.113. The first-order chi connectivity index (χ1) is 9.38. The summed E-state index contributed by atoms with van der Waals surface area (Å²) in [5, 5.41) is 22.2. The van der Waals surface area contributed by atoms with Crippen molar-refractivity contribution in [1.29, 1.82) is 0 Å². The van der Waals surface area contributed by atoms with Gasteiger partial charge in [0.15, 0.2) is 5.75 Å². The van der Waals surface area contributed by atoms with Gasteiger partial charge in [0.25, 0.3) is 5.91 Å². The summed E-state index contributed by atoms with van der Waals surface area (Å²) in [5.74, 6) is -1.07. The molecule has 0 unspecified atom stereocenters. The average Bonchev–Trinajstić information content (AvgIpc) is 2.38. The van der Waals surface area contributed by atoms with Crippen molar-refractivity contribution >= 4 is 50.7 Å². The topological polar surface area (TPSA) is 69.6 Å². The number of nitrogens with one attached hydrogen (secondary N) is 1. The van der Waals surface area contributed by atoms with Crippen LogP contribution in [0.1, 0.15) is 10.4 Å². The lowest BCUT2D eigenvalue weighted by atomic mass is 10.2. The smallest absolute Gasteiger partial charge is 0.259 e. The zero-order chi connectivity index (χ0) is 14.9. The summed E-state index contributed by atoms with van der Waals surface area (Å²) in [4.78, 5) is 12.1. The van der Waals surface area contributed by atoms with Gasteiger partial charge in [0, 0.05) is 9.50 Å². The predicted molar refractivity (Wildman–Crippen MR) is 81.9 cm³/mol. The summed E-state index contributed by atoms with van der Waals surface area (Å²) >= 11 is 14.8. The number of aromatic hydroxyl groups is 2. The first-order valence-corrected chi connectivity index (χ1v) is 6.91. The third kappa shape index (κ3) is 3.17. The van der Waals surface area contributed by atoms with Gasteiger partial charge in [0.1, 0.15) is 5.75 Å². The van der Waals surface area contributed by atoms with Crippen LogP contribution in [0, 0.1) is 0 Å². The number of amides is 1. The lowest BCUT2D eigenvalue weighted by molar-refractivity contribution is 0.102. The van der Waals surface area contributed by atoms with Gasteiger partial charge in [0.05, 0.1) is 16.3 Å². The van der Waals surface area contributed by atoms with Crippen LogP contribution in [-0.2, 0) is 0 Å². The number of carbonyl (C=O) groups excluding carboxylic acids is 1. The van der Waals surface area contributed by atoms with E-state index in [1.807, 2.05) is 0 Å². The number of hydrogen-bond acceptors (Lipinski definition) is 3. The molecule has 2 rings (SSSR count). The van der Waals surface area contributed by atoms with Crippen LogP contribution in [-0.4, -0.2) is 16.1 Å².